The zero-order chi connectivity index (χ0) is 17.3. The Kier molecular flexibility index (Phi) is 5.63. The third-order valence-corrected chi connectivity index (χ3v) is 4.08. The van der Waals surface area contributed by atoms with E-state index in [9.17, 15) is 8.78 Å². The lowest BCUT2D eigenvalue weighted by Gasteiger charge is -2.32. The molecule has 0 radical (unpaired) electrons. The van der Waals surface area contributed by atoms with Gasteiger partial charge in [-0.2, -0.15) is 0 Å². The Morgan fingerprint density at radius 1 is 0.909 bits per heavy atom. The average molecular weight is 313 g/mol. The quantitative estimate of drug-likeness (QED) is 0.782. The molecule has 1 saturated heterocycles. The normalized spacial score (nSPS) is 18.7. The SMILES string of the molecule is CC.CN(C)c1ccc(B2OC(C)(C)C(C)(C)O2)c(F)c1F. The van der Waals surface area contributed by atoms with Crippen LogP contribution >= 0.6 is 0 Å². The van der Waals surface area contributed by atoms with Crippen molar-refractivity contribution in [3.63, 3.8) is 0 Å². The first kappa shape index (κ1) is 18.9. The molecule has 0 unspecified atom stereocenters. The minimum absolute atomic E-state index is 0.0896. The second-order valence-electron chi connectivity index (χ2n) is 6.28. The van der Waals surface area contributed by atoms with Crippen molar-refractivity contribution in [1.29, 1.82) is 0 Å². The van der Waals surface area contributed by atoms with Gasteiger partial charge >= 0.3 is 7.12 Å². The third kappa shape index (κ3) is 3.28. The van der Waals surface area contributed by atoms with Crippen molar-refractivity contribution >= 4 is 18.3 Å². The van der Waals surface area contributed by atoms with Crippen LogP contribution in [-0.4, -0.2) is 32.4 Å². The van der Waals surface area contributed by atoms with E-state index in [1.807, 2.05) is 41.5 Å². The highest BCUT2D eigenvalue weighted by Gasteiger charge is 2.52. The van der Waals surface area contributed by atoms with Gasteiger partial charge in [0, 0.05) is 19.6 Å². The maximum Gasteiger partial charge on any atom is 0.497 e. The summed E-state index contributed by atoms with van der Waals surface area (Å²) in [6, 6.07) is 3.04. The number of nitrogens with zero attached hydrogens (tertiary/aromatic N) is 1. The summed E-state index contributed by atoms with van der Waals surface area (Å²) in [5.41, 5.74) is -0.878. The fourth-order valence-electron chi connectivity index (χ4n) is 2.05. The van der Waals surface area contributed by atoms with Gasteiger partial charge in [0.25, 0.3) is 0 Å². The fraction of sp³-hybridized carbons (Fsp3) is 0.625. The predicted molar refractivity (Wildman–Crippen MR) is 87.7 cm³/mol. The first-order chi connectivity index (χ1) is 10.1. The topological polar surface area (TPSA) is 21.7 Å². The van der Waals surface area contributed by atoms with Crippen LogP contribution in [0.3, 0.4) is 0 Å². The molecule has 124 valence electrons. The predicted octanol–water partition coefficient (Wildman–Crippen LogP) is 3.36. The van der Waals surface area contributed by atoms with Crippen LogP contribution in [0.1, 0.15) is 41.5 Å². The van der Waals surface area contributed by atoms with E-state index < -0.39 is 30.0 Å². The Bertz CT molecular complexity index is 517. The Morgan fingerprint density at radius 2 is 1.36 bits per heavy atom. The molecule has 1 fully saturated rings. The summed E-state index contributed by atoms with van der Waals surface area (Å²) in [7, 11) is 2.42. The summed E-state index contributed by atoms with van der Waals surface area (Å²) in [4.78, 5) is 1.52. The van der Waals surface area contributed by atoms with E-state index in [0.29, 0.717) is 0 Å². The van der Waals surface area contributed by atoms with E-state index in [1.165, 1.54) is 17.0 Å². The number of hydrogen-bond acceptors (Lipinski definition) is 3. The minimum atomic E-state index is -0.922. The molecule has 22 heavy (non-hydrogen) atoms. The zero-order valence-electron chi connectivity index (χ0n) is 14.8. The standard InChI is InChI=1S/C14H20BF2NO2.C2H6/c1-13(2)14(3,4)20-15(19-13)9-7-8-10(18(5)6)12(17)11(9)16;1-2/h7-8H,1-6H3;1-2H3. The second-order valence-corrected chi connectivity index (χ2v) is 6.28. The van der Waals surface area contributed by atoms with E-state index >= 15 is 0 Å². The Labute approximate surface area is 132 Å². The molecule has 1 aromatic carbocycles. The van der Waals surface area contributed by atoms with E-state index in [-0.39, 0.29) is 11.2 Å². The van der Waals surface area contributed by atoms with Crippen LogP contribution in [0.2, 0.25) is 0 Å². The van der Waals surface area contributed by atoms with Crippen LogP contribution in [0.5, 0.6) is 0 Å². The number of benzene rings is 1. The second kappa shape index (κ2) is 6.55. The summed E-state index contributed by atoms with van der Waals surface area (Å²) >= 11 is 0. The lowest BCUT2D eigenvalue weighted by molar-refractivity contribution is 0.00578. The molecule has 0 bridgehead atoms. The van der Waals surface area contributed by atoms with Crippen LogP contribution in [0.25, 0.3) is 0 Å². The van der Waals surface area contributed by atoms with Gasteiger partial charge in [-0.05, 0) is 33.8 Å². The number of hydrogen-bond donors (Lipinski definition) is 0. The highest BCUT2D eigenvalue weighted by molar-refractivity contribution is 6.62. The van der Waals surface area contributed by atoms with Crippen molar-refractivity contribution in [2.24, 2.45) is 0 Å². The zero-order valence-corrected chi connectivity index (χ0v) is 14.8. The van der Waals surface area contributed by atoms with Gasteiger partial charge in [0.1, 0.15) is 0 Å². The number of anilines is 1. The average Bonchev–Trinajstić information content (AvgIpc) is 2.63. The summed E-state index contributed by atoms with van der Waals surface area (Å²) in [5.74, 6) is -1.81. The summed E-state index contributed by atoms with van der Waals surface area (Å²) < 4.78 is 39.7. The number of halogens is 2. The Hall–Kier alpha value is -1.14. The highest BCUT2D eigenvalue weighted by Crippen LogP contribution is 2.37. The molecule has 0 aromatic heterocycles. The molecule has 1 heterocycles. The molecule has 1 aliphatic rings. The van der Waals surface area contributed by atoms with Gasteiger partial charge in [0.2, 0.25) is 0 Å². The summed E-state index contributed by atoms with van der Waals surface area (Å²) in [6.07, 6.45) is 0. The van der Waals surface area contributed by atoms with Crippen molar-refractivity contribution in [3.8, 4) is 0 Å². The van der Waals surface area contributed by atoms with Gasteiger partial charge < -0.3 is 14.2 Å². The van der Waals surface area contributed by atoms with Crippen molar-refractivity contribution in [1.82, 2.24) is 0 Å². The Morgan fingerprint density at radius 3 is 1.77 bits per heavy atom. The van der Waals surface area contributed by atoms with Crippen molar-refractivity contribution in [2.45, 2.75) is 52.7 Å². The lowest BCUT2D eigenvalue weighted by atomic mass is 9.78. The molecule has 2 rings (SSSR count). The van der Waals surface area contributed by atoms with Crippen molar-refractivity contribution in [2.75, 3.05) is 19.0 Å². The largest absolute Gasteiger partial charge is 0.497 e. The number of rotatable bonds is 2. The van der Waals surface area contributed by atoms with Crippen LogP contribution < -0.4 is 10.4 Å². The first-order valence-electron chi connectivity index (χ1n) is 7.58. The maximum atomic E-state index is 14.2. The molecule has 0 atom stereocenters. The van der Waals surface area contributed by atoms with E-state index in [2.05, 4.69) is 0 Å². The van der Waals surface area contributed by atoms with E-state index in [4.69, 9.17) is 9.31 Å². The van der Waals surface area contributed by atoms with E-state index in [0.717, 1.165) is 0 Å². The van der Waals surface area contributed by atoms with Crippen LogP contribution in [-0.2, 0) is 9.31 Å². The van der Waals surface area contributed by atoms with Crippen LogP contribution in [0.4, 0.5) is 14.5 Å². The van der Waals surface area contributed by atoms with Gasteiger partial charge in [-0.1, -0.05) is 19.9 Å². The van der Waals surface area contributed by atoms with Crippen LogP contribution in [0, 0.1) is 11.6 Å². The molecule has 1 aromatic rings. The van der Waals surface area contributed by atoms with Gasteiger partial charge in [-0.3, -0.25) is 0 Å². The molecule has 6 heteroatoms. The van der Waals surface area contributed by atoms with Crippen molar-refractivity contribution < 1.29 is 18.1 Å². The fourth-order valence-corrected chi connectivity index (χ4v) is 2.05. The van der Waals surface area contributed by atoms with Crippen molar-refractivity contribution in [3.05, 3.63) is 23.8 Å². The minimum Gasteiger partial charge on any atom is -0.399 e. The monoisotopic (exact) mass is 313 g/mol. The van der Waals surface area contributed by atoms with Gasteiger partial charge in [-0.15, -0.1) is 0 Å². The molecule has 0 aliphatic carbocycles. The molecule has 0 saturated carbocycles. The van der Waals surface area contributed by atoms with Gasteiger partial charge in [0.05, 0.1) is 16.9 Å². The summed E-state index contributed by atoms with van der Waals surface area (Å²) in [6.45, 7) is 11.5. The molecule has 3 nitrogen and oxygen atoms in total. The third-order valence-electron chi connectivity index (χ3n) is 4.08. The summed E-state index contributed by atoms with van der Waals surface area (Å²) in [5, 5.41) is 0. The molecular weight excluding hydrogens is 287 g/mol. The van der Waals surface area contributed by atoms with E-state index in [1.54, 1.807) is 14.1 Å². The molecular formula is C16H26BF2NO2. The lowest BCUT2D eigenvalue weighted by Crippen LogP contribution is -2.41. The molecule has 0 spiro atoms. The molecule has 0 N–H and O–H groups in total. The highest BCUT2D eigenvalue weighted by atomic mass is 19.2. The van der Waals surface area contributed by atoms with Gasteiger partial charge in [0.15, 0.2) is 11.6 Å². The van der Waals surface area contributed by atoms with Crippen LogP contribution in [0.15, 0.2) is 12.1 Å². The molecule has 0 amide bonds. The first-order valence-corrected chi connectivity index (χ1v) is 7.58. The smallest absolute Gasteiger partial charge is 0.399 e. The Balaban J connectivity index is 0.00000116. The van der Waals surface area contributed by atoms with Gasteiger partial charge in [-0.25, -0.2) is 8.78 Å². The maximum absolute atomic E-state index is 14.2. The molecule has 1 aliphatic heterocycles.